The Morgan fingerprint density at radius 3 is 2.87 bits per heavy atom. The van der Waals surface area contributed by atoms with Crippen molar-refractivity contribution in [2.45, 2.75) is 44.7 Å². The molecule has 0 saturated carbocycles. The first-order valence-corrected chi connectivity index (χ1v) is 8.36. The molecular weight excluding hydrogens is 292 g/mol. The Bertz CT molecular complexity index is 602. The molecule has 23 heavy (non-hydrogen) atoms. The number of benzene rings is 1. The number of nitrogens with zero attached hydrogens (tertiary/aromatic N) is 2. The maximum absolute atomic E-state index is 12.7. The van der Waals surface area contributed by atoms with Crippen LogP contribution in [-0.4, -0.2) is 53.9 Å². The first kappa shape index (κ1) is 15.8. The van der Waals surface area contributed by atoms with E-state index in [2.05, 4.69) is 0 Å². The van der Waals surface area contributed by atoms with E-state index >= 15 is 0 Å². The number of carbonyl (C=O) groups is 2. The summed E-state index contributed by atoms with van der Waals surface area (Å²) in [6.45, 7) is 3.50. The highest BCUT2D eigenvalue weighted by atomic mass is 16.5. The smallest absolute Gasteiger partial charge is 0.227 e. The molecule has 3 rings (SSSR count). The minimum absolute atomic E-state index is 0.149. The number of methoxy groups -OCH3 is 1. The fourth-order valence-corrected chi connectivity index (χ4v) is 3.93. The molecule has 2 aliphatic rings. The molecule has 124 valence electrons. The van der Waals surface area contributed by atoms with Gasteiger partial charge in [-0.15, -0.1) is 0 Å². The molecular formula is C18H24N2O3. The van der Waals surface area contributed by atoms with Crippen molar-refractivity contribution in [3.63, 3.8) is 0 Å². The minimum Gasteiger partial charge on any atom is -0.497 e. The second kappa shape index (κ2) is 6.60. The van der Waals surface area contributed by atoms with Gasteiger partial charge in [-0.3, -0.25) is 9.59 Å². The summed E-state index contributed by atoms with van der Waals surface area (Å²) in [6.07, 6.45) is 2.64. The van der Waals surface area contributed by atoms with Crippen LogP contribution in [0.1, 0.15) is 31.7 Å². The lowest BCUT2D eigenvalue weighted by Crippen LogP contribution is -2.53. The Labute approximate surface area is 137 Å². The van der Waals surface area contributed by atoms with Gasteiger partial charge in [0.05, 0.1) is 25.6 Å². The number of piperidine rings is 1. The van der Waals surface area contributed by atoms with Gasteiger partial charge in [0.15, 0.2) is 0 Å². The monoisotopic (exact) mass is 316 g/mol. The van der Waals surface area contributed by atoms with Crippen molar-refractivity contribution in [3.05, 3.63) is 29.8 Å². The third-order valence-electron chi connectivity index (χ3n) is 5.04. The Balaban J connectivity index is 1.70. The zero-order valence-corrected chi connectivity index (χ0v) is 13.8. The molecule has 0 N–H and O–H groups in total. The van der Waals surface area contributed by atoms with Crippen LogP contribution in [0.4, 0.5) is 0 Å². The number of likely N-dealkylation sites (tertiary alicyclic amines) is 2. The molecule has 1 aromatic rings. The third kappa shape index (κ3) is 3.05. The van der Waals surface area contributed by atoms with E-state index < -0.39 is 0 Å². The van der Waals surface area contributed by atoms with Crippen LogP contribution in [0.5, 0.6) is 5.75 Å². The van der Waals surface area contributed by atoms with Crippen molar-refractivity contribution < 1.29 is 14.3 Å². The summed E-state index contributed by atoms with van der Waals surface area (Å²) < 4.78 is 5.22. The largest absolute Gasteiger partial charge is 0.497 e. The average molecular weight is 316 g/mol. The molecule has 0 unspecified atom stereocenters. The molecule has 0 aromatic heterocycles. The van der Waals surface area contributed by atoms with Gasteiger partial charge in [-0.2, -0.15) is 0 Å². The highest BCUT2D eigenvalue weighted by Crippen LogP contribution is 2.31. The van der Waals surface area contributed by atoms with Gasteiger partial charge in [0, 0.05) is 19.5 Å². The third-order valence-corrected chi connectivity index (χ3v) is 5.04. The van der Waals surface area contributed by atoms with Crippen LogP contribution in [0, 0.1) is 0 Å². The highest BCUT2D eigenvalue weighted by molar-refractivity contribution is 5.81. The molecule has 1 aromatic carbocycles. The van der Waals surface area contributed by atoms with Crippen LogP contribution in [0.15, 0.2) is 24.3 Å². The van der Waals surface area contributed by atoms with Gasteiger partial charge < -0.3 is 14.5 Å². The van der Waals surface area contributed by atoms with E-state index in [1.165, 1.54) is 0 Å². The van der Waals surface area contributed by atoms with Gasteiger partial charge in [-0.05, 0) is 37.5 Å². The number of hydrogen-bond acceptors (Lipinski definition) is 3. The lowest BCUT2D eigenvalue weighted by atomic mass is 9.96. The van der Waals surface area contributed by atoms with Crippen molar-refractivity contribution >= 4 is 11.8 Å². The van der Waals surface area contributed by atoms with Gasteiger partial charge in [0.25, 0.3) is 0 Å². The lowest BCUT2D eigenvalue weighted by Gasteiger charge is -2.39. The maximum atomic E-state index is 12.7. The summed E-state index contributed by atoms with van der Waals surface area (Å²) in [5, 5.41) is 0. The van der Waals surface area contributed by atoms with Crippen LogP contribution in [-0.2, 0) is 16.0 Å². The fourth-order valence-electron chi connectivity index (χ4n) is 3.93. The Morgan fingerprint density at radius 1 is 1.30 bits per heavy atom. The van der Waals surface area contributed by atoms with E-state index in [1.54, 1.807) is 7.11 Å². The Hall–Kier alpha value is -2.04. The molecule has 0 bridgehead atoms. The van der Waals surface area contributed by atoms with Crippen molar-refractivity contribution in [2.75, 3.05) is 20.2 Å². The number of ether oxygens (including phenoxy) is 1. The van der Waals surface area contributed by atoms with E-state index in [1.807, 2.05) is 41.0 Å². The second-order valence-electron chi connectivity index (χ2n) is 6.26. The van der Waals surface area contributed by atoms with E-state index in [0.717, 1.165) is 37.2 Å². The summed E-state index contributed by atoms with van der Waals surface area (Å²) >= 11 is 0. The van der Waals surface area contributed by atoms with Crippen molar-refractivity contribution in [1.29, 1.82) is 0 Å². The fraction of sp³-hybridized carbons (Fsp3) is 0.556. The Morgan fingerprint density at radius 2 is 2.13 bits per heavy atom. The number of carbonyl (C=O) groups excluding carboxylic acids is 2. The summed E-state index contributed by atoms with van der Waals surface area (Å²) in [7, 11) is 1.63. The van der Waals surface area contributed by atoms with Crippen molar-refractivity contribution in [3.8, 4) is 5.75 Å². The zero-order chi connectivity index (χ0) is 16.4. The molecule has 2 atom stereocenters. The van der Waals surface area contributed by atoms with Gasteiger partial charge in [0.1, 0.15) is 5.75 Å². The summed E-state index contributed by atoms with van der Waals surface area (Å²) in [6, 6.07) is 8.05. The van der Waals surface area contributed by atoms with Crippen LogP contribution in [0.25, 0.3) is 0 Å². The maximum Gasteiger partial charge on any atom is 0.227 e. The molecule has 5 nitrogen and oxygen atoms in total. The summed E-state index contributed by atoms with van der Waals surface area (Å²) in [5.41, 5.74) is 0.969. The number of hydrogen-bond donors (Lipinski definition) is 0. The predicted molar refractivity (Wildman–Crippen MR) is 87.2 cm³/mol. The van der Waals surface area contributed by atoms with Gasteiger partial charge >= 0.3 is 0 Å². The molecule has 2 amide bonds. The molecule has 2 saturated heterocycles. The van der Waals surface area contributed by atoms with Crippen molar-refractivity contribution in [1.82, 2.24) is 9.80 Å². The zero-order valence-electron chi connectivity index (χ0n) is 13.8. The molecule has 0 aliphatic carbocycles. The first-order chi connectivity index (χ1) is 11.1. The number of amides is 2. The van der Waals surface area contributed by atoms with Crippen molar-refractivity contribution in [2.24, 2.45) is 0 Å². The van der Waals surface area contributed by atoms with Gasteiger partial charge in [-0.1, -0.05) is 12.1 Å². The standard InChI is InChI=1S/C18H24N2O3/c1-3-19-16-9-10-20(15(16)7-8-17(19)21)18(22)12-13-5-4-6-14(11-13)23-2/h4-6,11,15-16H,3,7-10,12H2,1-2H3/t15-,16-/m1/s1. The van der Waals surface area contributed by atoms with E-state index in [9.17, 15) is 9.59 Å². The number of fused-ring (bicyclic) bond motifs is 1. The Kier molecular flexibility index (Phi) is 4.55. The molecule has 2 fully saturated rings. The molecule has 2 heterocycles. The second-order valence-corrected chi connectivity index (χ2v) is 6.26. The average Bonchev–Trinajstić information content (AvgIpc) is 2.99. The van der Waals surface area contributed by atoms with Gasteiger partial charge in [0.2, 0.25) is 11.8 Å². The molecule has 0 spiro atoms. The highest BCUT2D eigenvalue weighted by Gasteiger charge is 2.43. The van der Waals surface area contributed by atoms with Crippen LogP contribution in [0.2, 0.25) is 0 Å². The normalized spacial score (nSPS) is 23.8. The number of likely N-dealkylation sites (N-methyl/N-ethyl adjacent to an activating group) is 1. The van der Waals surface area contributed by atoms with Gasteiger partial charge in [-0.25, -0.2) is 0 Å². The predicted octanol–water partition coefficient (Wildman–Crippen LogP) is 1.85. The molecule has 2 aliphatic heterocycles. The SMILES string of the molecule is CCN1C(=O)CC[C@@H]2[C@H]1CCN2C(=O)Cc1cccc(OC)c1. The quantitative estimate of drug-likeness (QED) is 0.852. The van der Waals surface area contributed by atoms with Crippen LogP contribution in [0.3, 0.4) is 0 Å². The number of rotatable bonds is 4. The van der Waals surface area contributed by atoms with E-state index in [0.29, 0.717) is 12.8 Å². The van der Waals surface area contributed by atoms with Crippen LogP contribution >= 0.6 is 0 Å². The van der Waals surface area contributed by atoms with E-state index in [4.69, 9.17) is 4.74 Å². The lowest BCUT2D eigenvalue weighted by molar-refractivity contribution is -0.141. The first-order valence-electron chi connectivity index (χ1n) is 8.36. The van der Waals surface area contributed by atoms with Crippen LogP contribution < -0.4 is 4.74 Å². The molecule has 5 heteroatoms. The topological polar surface area (TPSA) is 49.9 Å². The summed E-state index contributed by atoms with van der Waals surface area (Å²) in [4.78, 5) is 28.7. The summed E-state index contributed by atoms with van der Waals surface area (Å²) in [5.74, 6) is 1.15. The molecule has 0 radical (unpaired) electrons. The minimum atomic E-state index is 0.149. The van der Waals surface area contributed by atoms with E-state index in [-0.39, 0.29) is 23.9 Å².